The molecule has 0 saturated heterocycles. The molecule has 1 aromatic heterocycles. The Labute approximate surface area is 177 Å². The smallest absolute Gasteiger partial charge is 0.261 e. The molecule has 0 fully saturated rings. The van der Waals surface area contributed by atoms with Gasteiger partial charge in [0.1, 0.15) is 11.3 Å². The maximum atomic E-state index is 13.3. The number of hydrogen-bond donors (Lipinski definition) is 0. The normalized spacial score (nSPS) is 11.1. The van der Waals surface area contributed by atoms with Gasteiger partial charge in [0.15, 0.2) is 5.13 Å². The Morgan fingerprint density at radius 3 is 2.63 bits per heavy atom. The van der Waals surface area contributed by atoms with Gasteiger partial charge in [-0.3, -0.25) is 9.69 Å². The molecule has 0 unspecified atom stereocenters. The van der Waals surface area contributed by atoms with E-state index in [0.29, 0.717) is 23.8 Å². The number of fused-ring (bicyclic) bond motifs is 1. The number of thiazole rings is 1. The molecule has 7 heteroatoms. The highest BCUT2D eigenvalue weighted by molar-refractivity contribution is 14.1. The molecule has 0 saturated carbocycles. The van der Waals surface area contributed by atoms with Gasteiger partial charge in [0.05, 0.1) is 16.9 Å². The van der Waals surface area contributed by atoms with Crippen LogP contribution in [0, 0.1) is 3.57 Å². The molecule has 1 amide bonds. The lowest BCUT2D eigenvalue weighted by atomic mass is 10.2. The molecule has 27 heavy (non-hydrogen) atoms. The number of amides is 1. The number of likely N-dealkylation sites (N-methyl/N-ethyl adjacent to an activating group) is 1. The topological polar surface area (TPSA) is 45.7 Å². The maximum absolute atomic E-state index is 13.3. The van der Waals surface area contributed by atoms with E-state index in [0.717, 1.165) is 26.1 Å². The highest BCUT2D eigenvalue weighted by Crippen LogP contribution is 2.35. The molecule has 0 aliphatic heterocycles. The van der Waals surface area contributed by atoms with Crippen LogP contribution in [-0.2, 0) is 0 Å². The Bertz CT molecular complexity index is 942. The second-order valence-corrected chi connectivity index (χ2v) is 8.44. The summed E-state index contributed by atoms with van der Waals surface area (Å²) in [6, 6.07) is 13.5. The van der Waals surface area contributed by atoms with Crippen LogP contribution >= 0.6 is 33.9 Å². The van der Waals surface area contributed by atoms with E-state index in [1.165, 1.54) is 11.3 Å². The van der Waals surface area contributed by atoms with Gasteiger partial charge in [0, 0.05) is 16.7 Å². The highest BCUT2D eigenvalue weighted by Gasteiger charge is 2.23. The van der Waals surface area contributed by atoms with Gasteiger partial charge >= 0.3 is 0 Å². The summed E-state index contributed by atoms with van der Waals surface area (Å²) in [4.78, 5) is 21.9. The van der Waals surface area contributed by atoms with Gasteiger partial charge in [-0.15, -0.1) is 0 Å². The number of rotatable bonds is 7. The number of para-hydroxylation sites is 1. The van der Waals surface area contributed by atoms with Gasteiger partial charge in [0.2, 0.25) is 0 Å². The fraction of sp³-hybridized carbons (Fsp3) is 0.300. The van der Waals surface area contributed by atoms with E-state index in [-0.39, 0.29) is 5.91 Å². The molecule has 0 bridgehead atoms. The van der Waals surface area contributed by atoms with Crippen LogP contribution in [-0.4, -0.2) is 49.6 Å². The third kappa shape index (κ3) is 4.59. The standard InChI is InChI=1S/C20H22IN3O2S/c1-4-26-16-10-7-11-17-18(16)22-20(27-17)24(13-12-23(2)3)19(25)14-8-5-6-9-15(14)21/h5-11H,4,12-13H2,1-3H3. The van der Waals surface area contributed by atoms with Crippen LogP contribution in [0.25, 0.3) is 10.2 Å². The third-order valence-corrected chi connectivity index (χ3v) is 6.01. The summed E-state index contributed by atoms with van der Waals surface area (Å²) in [5.41, 5.74) is 1.51. The van der Waals surface area contributed by atoms with Crippen LogP contribution in [0.4, 0.5) is 5.13 Å². The number of carbonyl (C=O) groups excluding carboxylic acids is 1. The van der Waals surface area contributed by atoms with Crippen LogP contribution in [0.3, 0.4) is 0 Å². The number of benzene rings is 2. The van der Waals surface area contributed by atoms with E-state index in [9.17, 15) is 4.79 Å². The SMILES string of the molecule is CCOc1cccc2sc(N(CCN(C)C)C(=O)c3ccccc3I)nc12. The van der Waals surface area contributed by atoms with E-state index < -0.39 is 0 Å². The molecule has 5 nitrogen and oxygen atoms in total. The molecule has 1 heterocycles. The lowest BCUT2D eigenvalue weighted by molar-refractivity contribution is 0.0984. The number of anilines is 1. The number of aromatic nitrogens is 1. The zero-order chi connectivity index (χ0) is 19.4. The molecule has 3 rings (SSSR count). The quantitative estimate of drug-likeness (QED) is 0.453. The van der Waals surface area contributed by atoms with Crippen LogP contribution < -0.4 is 9.64 Å². The molecule has 3 aromatic rings. The van der Waals surface area contributed by atoms with Crippen molar-refractivity contribution in [1.29, 1.82) is 0 Å². The van der Waals surface area contributed by atoms with Crippen LogP contribution in [0.15, 0.2) is 42.5 Å². The van der Waals surface area contributed by atoms with Gasteiger partial charge < -0.3 is 9.64 Å². The average Bonchev–Trinajstić information content (AvgIpc) is 3.07. The Kier molecular flexibility index (Phi) is 6.67. The summed E-state index contributed by atoms with van der Waals surface area (Å²) in [6.07, 6.45) is 0. The first-order valence-electron chi connectivity index (χ1n) is 8.74. The molecular formula is C20H22IN3O2S. The van der Waals surface area contributed by atoms with Gasteiger partial charge in [-0.2, -0.15) is 0 Å². The van der Waals surface area contributed by atoms with E-state index >= 15 is 0 Å². The van der Waals surface area contributed by atoms with Crippen molar-refractivity contribution in [1.82, 2.24) is 9.88 Å². The van der Waals surface area contributed by atoms with Crippen molar-refractivity contribution in [3.05, 3.63) is 51.6 Å². The molecule has 0 N–H and O–H groups in total. The minimum absolute atomic E-state index is 0.0288. The van der Waals surface area contributed by atoms with Gasteiger partial charge in [0.25, 0.3) is 5.91 Å². The fourth-order valence-electron chi connectivity index (χ4n) is 2.66. The Morgan fingerprint density at radius 2 is 1.93 bits per heavy atom. The second-order valence-electron chi connectivity index (χ2n) is 6.27. The Balaban J connectivity index is 2.03. The molecular weight excluding hydrogens is 473 g/mol. The average molecular weight is 495 g/mol. The zero-order valence-electron chi connectivity index (χ0n) is 15.6. The van der Waals surface area contributed by atoms with Crippen molar-refractivity contribution in [2.75, 3.05) is 38.7 Å². The lowest BCUT2D eigenvalue weighted by Crippen LogP contribution is -2.37. The summed E-state index contributed by atoms with van der Waals surface area (Å²) in [6.45, 7) is 3.86. The summed E-state index contributed by atoms with van der Waals surface area (Å²) in [5.74, 6) is 0.727. The molecule has 0 atom stereocenters. The number of nitrogens with zero attached hydrogens (tertiary/aromatic N) is 3. The van der Waals surface area contributed by atoms with E-state index in [1.54, 1.807) is 4.90 Å². The number of ether oxygens (including phenoxy) is 1. The predicted molar refractivity (Wildman–Crippen MR) is 120 cm³/mol. The van der Waals surface area contributed by atoms with Gasteiger partial charge in [-0.1, -0.05) is 29.5 Å². The Morgan fingerprint density at radius 1 is 1.15 bits per heavy atom. The van der Waals surface area contributed by atoms with Gasteiger partial charge in [-0.25, -0.2) is 4.98 Å². The van der Waals surface area contributed by atoms with E-state index in [1.807, 2.05) is 63.5 Å². The molecule has 0 spiro atoms. The van der Waals surface area contributed by atoms with Crippen molar-refractivity contribution in [2.24, 2.45) is 0 Å². The first-order valence-corrected chi connectivity index (χ1v) is 10.6. The summed E-state index contributed by atoms with van der Waals surface area (Å²) >= 11 is 3.72. The first-order chi connectivity index (χ1) is 13.0. The van der Waals surface area contributed by atoms with Crippen molar-refractivity contribution in [3.8, 4) is 5.75 Å². The summed E-state index contributed by atoms with van der Waals surface area (Å²) < 4.78 is 7.66. The fourth-order valence-corrected chi connectivity index (χ4v) is 4.29. The summed E-state index contributed by atoms with van der Waals surface area (Å²) in [7, 11) is 4.00. The molecule has 0 aliphatic carbocycles. The Hall–Kier alpha value is -1.71. The van der Waals surface area contributed by atoms with Crippen molar-refractivity contribution in [3.63, 3.8) is 0 Å². The molecule has 0 aliphatic rings. The van der Waals surface area contributed by atoms with Crippen LogP contribution in [0.5, 0.6) is 5.75 Å². The third-order valence-electron chi connectivity index (χ3n) is 4.02. The van der Waals surface area contributed by atoms with Gasteiger partial charge in [-0.05, 0) is 67.9 Å². The van der Waals surface area contributed by atoms with Crippen LogP contribution in [0.1, 0.15) is 17.3 Å². The van der Waals surface area contributed by atoms with E-state index in [2.05, 4.69) is 27.5 Å². The second kappa shape index (κ2) is 8.99. The maximum Gasteiger partial charge on any atom is 0.261 e. The van der Waals surface area contributed by atoms with Crippen molar-refractivity contribution >= 4 is 55.2 Å². The largest absolute Gasteiger partial charge is 0.492 e. The van der Waals surface area contributed by atoms with Crippen molar-refractivity contribution < 1.29 is 9.53 Å². The first kappa shape index (κ1) is 20.0. The molecule has 2 aromatic carbocycles. The highest BCUT2D eigenvalue weighted by atomic mass is 127. The monoisotopic (exact) mass is 495 g/mol. The molecule has 142 valence electrons. The van der Waals surface area contributed by atoms with Crippen LogP contribution in [0.2, 0.25) is 0 Å². The minimum atomic E-state index is -0.0288. The number of carbonyl (C=O) groups is 1. The minimum Gasteiger partial charge on any atom is -0.492 e. The molecule has 0 radical (unpaired) electrons. The number of hydrogen-bond acceptors (Lipinski definition) is 5. The predicted octanol–water partition coefficient (Wildman–Crippen LogP) is 4.51. The van der Waals surface area contributed by atoms with Crippen molar-refractivity contribution in [2.45, 2.75) is 6.92 Å². The number of halogens is 1. The lowest BCUT2D eigenvalue weighted by Gasteiger charge is -2.22. The summed E-state index contributed by atoms with van der Waals surface area (Å²) in [5, 5.41) is 0.698. The zero-order valence-corrected chi connectivity index (χ0v) is 18.6. The van der Waals surface area contributed by atoms with E-state index in [4.69, 9.17) is 9.72 Å².